The maximum Gasteiger partial charge on any atom is 0.255 e. The number of pyridine rings is 1. The molecule has 0 unspecified atom stereocenters. The number of ether oxygens (including phenoxy) is 3. The Labute approximate surface area is 163 Å². The van der Waals surface area contributed by atoms with Gasteiger partial charge in [0.05, 0.1) is 33.1 Å². The van der Waals surface area contributed by atoms with Crippen LogP contribution in [0.3, 0.4) is 0 Å². The quantitative estimate of drug-likeness (QED) is 0.675. The lowest BCUT2D eigenvalue weighted by molar-refractivity contribution is 0.0947. The molecular formula is C20H22N4O4. The minimum absolute atomic E-state index is 0.287. The monoisotopic (exact) mass is 382 g/mol. The summed E-state index contributed by atoms with van der Waals surface area (Å²) in [5.74, 6) is 0.897. The van der Waals surface area contributed by atoms with Crippen LogP contribution in [0, 0.1) is 0 Å². The van der Waals surface area contributed by atoms with E-state index in [1.165, 1.54) is 21.3 Å². The maximum atomic E-state index is 12.7. The molecule has 2 aromatic heterocycles. The first-order valence-corrected chi connectivity index (χ1v) is 8.57. The molecule has 0 fully saturated rings. The summed E-state index contributed by atoms with van der Waals surface area (Å²) in [6, 6.07) is 5.27. The molecule has 0 aliphatic heterocycles. The molecule has 0 spiro atoms. The van der Waals surface area contributed by atoms with Crippen molar-refractivity contribution in [1.82, 2.24) is 20.1 Å². The molecule has 2 heterocycles. The Morgan fingerprint density at radius 1 is 1.04 bits per heavy atom. The topological polar surface area (TPSA) is 87.5 Å². The van der Waals surface area contributed by atoms with Gasteiger partial charge in [0.2, 0.25) is 5.75 Å². The lowest BCUT2D eigenvalue weighted by Gasteiger charge is -2.15. The number of methoxy groups -OCH3 is 3. The fourth-order valence-corrected chi connectivity index (χ4v) is 2.87. The average molecular weight is 382 g/mol. The van der Waals surface area contributed by atoms with Crippen LogP contribution in [-0.2, 0) is 13.6 Å². The smallest absolute Gasteiger partial charge is 0.255 e. The van der Waals surface area contributed by atoms with Crippen LogP contribution in [0.25, 0.3) is 11.1 Å². The van der Waals surface area contributed by atoms with Gasteiger partial charge in [-0.3, -0.25) is 14.5 Å². The second-order valence-electron chi connectivity index (χ2n) is 6.05. The Hall–Kier alpha value is -3.55. The molecule has 0 saturated heterocycles. The van der Waals surface area contributed by atoms with Crippen molar-refractivity contribution < 1.29 is 19.0 Å². The molecule has 0 bridgehead atoms. The Kier molecular flexibility index (Phi) is 5.78. The summed E-state index contributed by atoms with van der Waals surface area (Å²) in [7, 11) is 6.36. The number of aromatic nitrogens is 3. The number of hydrogen-bond acceptors (Lipinski definition) is 6. The van der Waals surface area contributed by atoms with E-state index in [0.29, 0.717) is 29.4 Å². The maximum absolute atomic E-state index is 12.7. The highest BCUT2D eigenvalue weighted by molar-refractivity contribution is 5.98. The lowest BCUT2D eigenvalue weighted by Crippen LogP contribution is -2.23. The molecule has 1 N–H and O–H groups in total. The number of nitrogens with one attached hydrogen (secondary N) is 1. The van der Waals surface area contributed by atoms with Gasteiger partial charge in [-0.15, -0.1) is 0 Å². The van der Waals surface area contributed by atoms with E-state index in [-0.39, 0.29) is 5.91 Å². The summed E-state index contributed by atoms with van der Waals surface area (Å²) in [6.07, 6.45) is 7.16. The van der Waals surface area contributed by atoms with E-state index in [4.69, 9.17) is 14.2 Å². The second-order valence-corrected chi connectivity index (χ2v) is 6.05. The third kappa shape index (κ3) is 3.90. The fraction of sp³-hybridized carbons (Fsp3) is 0.250. The second kappa shape index (κ2) is 8.43. The molecular weight excluding hydrogens is 360 g/mol. The summed E-state index contributed by atoms with van der Waals surface area (Å²) in [5, 5.41) is 7.06. The predicted octanol–water partition coefficient (Wildman–Crippen LogP) is 2.44. The summed E-state index contributed by atoms with van der Waals surface area (Å²) in [4.78, 5) is 17.0. The van der Waals surface area contributed by atoms with Crippen LogP contribution in [0.2, 0.25) is 0 Å². The molecule has 3 rings (SSSR count). The Morgan fingerprint density at radius 2 is 1.82 bits per heavy atom. The van der Waals surface area contributed by atoms with Crippen LogP contribution < -0.4 is 19.5 Å². The third-order valence-electron chi connectivity index (χ3n) is 4.23. The van der Waals surface area contributed by atoms with Gasteiger partial charge in [0.15, 0.2) is 11.5 Å². The number of hydrogen-bond donors (Lipinski definition) is 1. The van der Waals surface area contributed by atoms with Crippen LogP contribution in [0.1, 0.15) is 15.9 Å². The zero-order chi connectivity index (χ0) is 20.1. The molecule has 0 radical (unpaired) electrons. The average Bonchev–Trinajstić information content (AvgIpc) is 3.17. The van der Waals surface area contributed by atoms with E-state index in [1.807, 2.05) is 19.3 Å². The normalized spacial score (nSPS) is 10.4. The molecule has 3 aromatic rings. The van der Waals surface area contributed by atoms with Crippen LogP contribution in [0.4, 0.5) is 0 Å². The highest BCUT2D eigenvalue weighted by atomic mass is 16.5. The summed E-state index contributed by atoms with van der Waals surface area (Å²) < 4.78 is 17.7. The lowest BCUT2D eigenvalue weighted by atomic mass is 10.1. The molecule has 146 valence electrons. The van der Waals surface area contributed by atoms with Gasteiger partial charge in [-0.2, -0.15) is 5.10 Å². The van der Waals surface area contributed by atoms with Crippen molar-refractivity contribution in [1.29, 1.82) is 0 Å². The molecule has 0 aliphatic carbocycles. The molecule has 8 nitrogen and oxygen atoms in total. The number of carbonyl (C=O) groups is 1. The molecule has 0 atom stereocenters. The zero-order valence-electron chi connectivity index (χ0n) is 16.2. The SMILES string of the molecule is COc1ccc(C(=O)NCc2cncc(-c3cnn(C)c3)c2)c(OC)c1OC. The van der Waals surface area contributed by atoms with Gasteiger partial charge in [-0.05, 0) is 23.8 Å². The van der Waals surface area contributed by atoms with Gasteiger partial charge >= 0.3 is 0 Å². The van der Waals surface area contributed by atoms with Crippen LogP contribution >= 0.6 is 0 Å². The van der Waals surface area contributed by atoms with Gasteiger partial charge in [0.25, 0.3) is 5.91 Å². The van der Waals surface area contributed by atoms with E-state index in [2.05, 4.69) is 15.4 Å². The van der Waals surface area contributed by atoms with Gasteiger partial charge in [-0.1, -0.05) is 0 Å². The van der Waals surface area contributed by atoms with Crippen molar-refractivity contribution in [3.05, 3.63) is 54.1 Å². The Bertz CT molecular complexity index is 984. The summed E-state index contributed by atoms with van der Waals surface area (Å²) in [6.45, 7) is 0.317. The first kappa shape index (κ1) is 19.2. The molecule has 1 amide bonds. The summed E-state index contributed by atoms with van der Waals surface area (Å²) in [5.41, 5.74) is 3.12. The highest BCUT2D eigenvalue weighted by Gasteiger charge is 2.20. The van der Waals surface area contributed by atoms with Crippen molar-refractivity contribution in [2.75, 3.05) is 21.3 Å². The number of benzene rings is 1. The van der Waals surface area contributed by atoms with Crippen molar-refractivity contribution in [3.8, 4) is 28.4 Å². The largest absolute Gasteiger partial charge is 0.493 e. The van der Waals surface area contributed by atoms with E-state index < -0.39 is 0 Å². The fourth-order valence-electron chi connectivity index (χ4n) is 2.87. The third-order valence-corrected chi connectivity index (χ3v) is 4.23. The standard InChI is InChI=1S/C20H22N4O4/c1-24-12-15(11-23-24)14-7-13(8-21-10-14)9-22-20(25)16-5-6-17(26-2)19(28-4)18(16)27-3/h5-8,10-12H,9H2,1-4H3,(H,22,25). The molecule has 8 heteroatoms. The number of amides is 1. The Balaban J connectivity index is 1.78. The first-order chi connectivity index (χ1) is 13.6. The van der Waals surface area contributed by atoms with Crippen LogP contribution in [0.5, 0.6) is 17.2 Å². The molecule has 0 aliphatic rings. The molecule has 1 aromatic carbocycles. The molecule has 28 heavy (non-hydrogen) atoms. The predicted molar refractivity (Wildman–Crippen MR) is 104 cm³/mol. The van der Waals surface area contributed by atoms with Crippen molar-refractivity contribution >= 4 is 5.91 Å². The first-order valence-electron chi connectivity index (χ1n) is 8.57. The van der Waals surface area contributed by atoms with E-state index in [1.54, 1.807) is 35.4 Å². The Morgan fingerprint density at radius 3 is 2.46 bits per heavy atom. The van der Waals surface area contributed by atoms with Gasteiger partial charge < -0.3 is 19.5 Å². The van der Waals surface area contributed by atoms with Gasteiger partial charge in [0, 0.05) is 43.3 Å². The van der Waals surface area contributed by atoms with Crippen molar-refractivity contribution in [3.63, 3.8) is 0 Å². The minimum Gasteiger partial charge on any atom is -0.493 e. The highest BCUT2D eigenvalue weighted by Crippen LogP contribution is 2.39. The van der Waals surface area contributed by atoms with Gasteiger partial charge in [0.1, 0.15) is 0 Å². The number of rotatable bonds is 7. The van der Waals surface area contributed by atoms with Crippen LogP contribution in [-0.4, -0.2) is 42.0 Å². The number of aryl methyl sites for hydroxylation is 1. The number of carbonyl (C=O) groups excluding carboxylic acids is 1. The van der Waals surface area contributed by atoms with E-state index >= 15 is 0 Å². The van der Waals surface area contributed by atoms with Gasteiger partial charge in [-0.25, -0.2) is 0 Å². The van der Waals surface area contributed by atoms with Crippen molar-refractivity contribution in [2.45, 2.75) is 6.54 Å². The van der Waals surface area contributed by atoms with E-state index in [9.17, 15) is 4.79 Å². The van der Waals surface area contributed by atoms with Crippen LogP contribution in [0.15, 0.2) is 43.0 Å². The number of nitrogens with zero attached hydrogens (tertiary/aromatic N) is 3. The van der Waals surface area contributed by atoms with Crippen molar-refractivity contribution in [2.24, 2.45) is 7.05 Å². The summed E-state index contributed by atoms with van der Waals surface area (Å²) >= 11 is 0. The van der Waals surface area contributed by atoms with E-state index in [0.717, 1.165) is 16.7 Å². The zero-order valence-corrected chi connectivity index (χ0v) is 16.2. The minimum atomic E-state index is -0.287. The molecule has 0 saturated carbocycles.